The van der Waals surface area contributed by atoms with Gasteiger partial charge in [0.25, 0.3) is 0 Å². The predicted molar refractivity (Wildman–Crippen MR) is 129 cm³/mol. The van der Waals surface area contributed by atoms with Crippen molar-refractivity contribution >= 4 is 39.1 Å². The first kappa shape index (κ1) is 25.6. The summed E-state index contributed by atoms with van der Waals surface area (Å²) >= 11 is 11.9. The minimum absolute atomic E-state index is 0.103. The van der Waals surface area contributed by atoms with Gasteiger partial charge in [-0.25, -0.2) is 12.7 Å². The first-order valence-corrected chi connectivity index (χ1v) is 12.9. The first-order chi connectivity index (χ1) is 15.6. The maximum atomic E-state index is 12.9. The second kappa shape index (κ2) is 11.0. The van der Waals surface area contributed by atoms with Crippen LogP contribution in [0.5, 0.6) is 11.5 Å². The van der Waals surface area contributed by atoms with E-state index in [1.54, 1.807) is 44.6 Å². The fourth-order valence-corrected chi connectivity index (χ4v) is 5.79. The molecule has 7 nitrogen and oxygen atoms in total. The van der Waals surface area contributed by atoms with Crippen molar-refractivity contribution in [3.05, 3.63) is 57.6 Å². The van der Waals surface area contributed by atoms with Crippen LogP contribution in [0.3, 0.4) is 0 Å². The Kier molecular flexibility index (Phi) is 8.50. The van der Waals surface area contributed by atoms with Gasteiger partial charge in [0.15, 0.2) is 0 Å². The number of amides is 1. The molecule has 1 heterocycles. The van der Waals surface area contributed by atoms with Gasteiger partial charge in [-0.15, -0.1) is 0 Å². The van der Waals surface area contributed by atoms with Gasteiger partial charge in [0.1, 0.15) is 11.5 Å². The molecule has 2 aromatic carbocycles. The average Bonchev–Trinajstić information content (AvgIpc) is 2.80. The molecule has 180 valence electrons. The molecule has 1 aliphatic heterocycles. The number of benzene rings is 2. The molecule has 0 aliphatic carbocycles. The van der Waals surface area contributed by atoms with Crippen molar-refractivity contribution in [2.24, 2.45) is 5.92 Å². The Bertz CT molecular complexity index is 1100. The van der Waals surface area contributed by atoms with Gasteiger partial charge in [0.2, 0.25) is 15.9 Å². The van der Waals surface area contributed by atoms with Crippen molar-refractivity contribution in [2.45, 2.75) is 31.6 Å². The normalized spacial score (nSPS) is 16.3. The molecule has 1 saturated heterocycles. The number of sulfonamides is 1. The van der Waals surface area contributed by atoms with Gasteiger partial charge in [-0.3, -0.25) is 4.79 Å². The highest BCUT2D eigenvalue weighted by Gasteiger charge is 2.32. The number of rotatable bonds is 8. The summed E-state index contributed by atoms with van der Waals surface area (Å²) in [5, 5.41) is 3.73. The number of carbonyl (C=O) groups excluding carboxylic acids is 1. The summed E-state index contributed by atoms with van der Waals surface area (Å²) in [5.41, 5.74) is 1.39. The lowest BCUT2D eigenvalue weighted by Gasteiger charge is -2.31. The molecule has 0 saturated carbocycles. The highest BCUT2D eigenvalue weighted by Crippen LogP contribution is 2.30. The van der Waals surface area contributed by atoms with Crippen molar-refractivity contribution in [1.29, 1.82) is 0 Å². The zero-order valence-corrected chi connectivity index (χ0v) is 21.1. The predicted octanol–water partition coefficient (Wildman–Crippen LogP) is 4.43. The Morgan fingerprint density at radius 3 is 2.39 bits per heavy atom. The van der Waals surface area contributed by atoms with Crippen molar-refractivity contribution in [1.82, 2.24) is 9.62 Å². The zero-order chi connectivity index (χ0) is 24.2. The average molecular weight is 515 g/mol. The smallest absolute Gasteiger partial charge is 0.223 e. The molecular formula is C23H28Cl2N2O5S. The summed E-state index contributed by atoms with van der Waals surface area (Å²) in [7, 11) is -0.369. The molecule has 10 heteroatoms. The first-order valence-electron chi connectivity index (χ1n) is 10.6. The second-order valence-electron chi connectivity index (χ2n) is 8.02. The van der Waals surface area contributed by atoms with Crippen LogP contribution in [0.25, 0.3) is 0 Å². The van der Waals surface area contributed by atoms with Gasteiger partial charge in [-0.2, -0.15) is 0 Å². The standard InChI is InChI=1S/C23H28Cl2N2O5S/c1-15(19-13-18(31-2)5-7-22(19)32-3)26-23(28)17-8-10-27(11-9-17)33(29,30)14-16-4-6-20(24)21(25)12-16/h4-7,12-13,15,17H,8-11,14H2,1-3H3,(H,26,28)/t15-/m0/s1. The fraction of sp³-hybridized carbons (Fsp3) is 0.435. The highest BCUT2D eigenvalue weighted by atomic mass is 35.5. The van der Waals surface area contributed by atoms with E-state index in [1.165, 1.54) is 4.31 Å². The summed E-state index contributed by atoms with van der Waals surface area (Å²) < 4.78 is 37.8. The molecule has 3 rings (SSSR count). The van der Waals surface area contributed by atoms with Crippen LogP contribution in [-0.2, 0) is 20.6 Å². The molecule has 1 N–H and O–H groups in total. The van der Waals surface area contributed by atoms with E-state index in [0.29, 0.717) is 53.0 Å². The van der Waals surface area contributed by atoms with Gasteiger partial charge in [0, 0.05) is 24.6 Å². The maximum absolute atomic E-state index is 12.9. The van der Waals surface area contributed by atoms with Gasteiger partial charge < -0.3 is 14.8 Å². The van der Waals surface area contributed by atoms with Crippen LogP contribution >= 0.6 is 23.2 Å². The number of nitrogens with one attached hydrogen (secondary N) is 1. The minimum atomic E-state index is -3.53. The number of hydrogen-bond acceptors (Lipinski definition) is 5. The van der Waals surface area contributed by atoms with Gasteiger partial charge in [-0.05, 0) is 55.7 Å². The highest BCUT2D eigenvalue weighted by molar-refractivity contribution is 7.88. The quantitative estimate of drug-likeness (QED) is 0.563. The van der Waals surface area contributed by atoms with Crippen LogP contribution in [0.2, 0.25) is 10.0 Å². The van der Waals surface area contributed by atoms with Crippen LogP contribution in [0.15, 0.2) is 36.4 Å². The largest absolute Gasteiger partial charge is 0.497 e. The van der Waals surface area contributed by atoms with E-state index in [-0.39, 0.29) is 23.6 Å². The van der Waals surface area contributed by atoms with Crippen LogP contribution in [-0.4, -0.2) is 45.9 Å². The lowest BCUT2D eigenvalue weighted by atomic mass is 9.96. The van der Waals surface area contributed by atoms with Crippen molar-refractivity contribution < 1.29 is 22.7 Å². The molecular weight excluding hydrogens is 487 g/mol. The molecule has 0 radical (unpaired) electrons. The van der Waals surface area contributed by atoms with E-state index >= 15 is 0 Å². The summed E-state index contributed by atoms with van der Waals surface area (Å²) in [6, 6.07) is 9.94. The van der Waals surface area contributed by atoms with E-state index < -0.39 is 10.0 Å². The lowest BCUT2D eigenvalue weighted by molar-refractivity contribution is -0.126. The summed E-state index contributed by atoms with van der Waals surface area (Å²) in [5.74, 6) is 0.807. The number of nitrogens with zero attached hydrogens (tertiary/aromatic N) is 1. The molecule has 0 unspecified atom stereocenters. The Balaban J connectivity index is 1.59. The number of carbonyl (C=O) groups is 1. The molecule has 0 bridgehead atoms. The van der Waals surface area contributed by atoms with Gasteiger partial charge in [0.05, 0.1) is 36.1 Å². The Hall–Kier alpha value is -2.00. The Labute approximate surface area is 205 Å². The van der Waals surface area contributed by atoms with E-state index in [1.807, 2.05) is 13.0 Å². The number of piperidine rings is 1. The molecule has 0 spiro atoms. The monoisotopic (exact) mass is 514 g/mol. The summed E-state index contributed by atoms with van der Waals surface area (Å²) in [4.78, 5) is 12.9. The summed E-state index contributed by atoms with van der Waals surface area (Å²) in [6.45, 7) is 2.46. The number of ether oxygens (including phenoxy) is 2. The molecule has 33 heavy (non-hydrogen) atoms. The van der Waals surface area contributed by atoms with Gasteiger partial charge >= 0.3 is 0 Å². The molecule has 1 aliphatic rings. The van der Waals surface area contributed by atoms with E-state index in [4.69, 9.17) is 32.7 Å². The molecule has 1 atom stereocenters. The third-order valence-corrected chi connectivity index (χ3v) is 8.40. The third kappa shape index (κ3) is 6.32. The Morgan fingerprint density at radius 2 is 1.79 bits per heavy atom. The van der Waals surface area contributed by atoms with Crippen molar-refractivity contribution in [2.75, 3.05) is 27.3 Å². The fourth-order valence-electron chi connectivity index (χ4n) is 3.91. The number of halogens is 2. The molecule has 1 amide bonds. The van der Waals surface area contributed by atoms with E-state index in [0.717, 1.165) is 5.56 Å². The second-order valence-corrected chi connectivity index (χ2v) is 10.8. The Morgan fingerprint density at radius 1 is 1.09 bits per heavy atom. The topological polar surface area (TPSA) is 84.9 Å². The lowest BCUT2D eigenvalue weighted by Crippen LogP contribution is -2.43. The third-order valence-electron chi connectivity index (χ3n) is 5.81. The summed E-state index contributed by atoms with van der Waals surface area (Å²) in [6.07, 6.45) is 0.906. The molecule has 1 fully saturated rings. The van der Waals surface area contributed by atoms with E-state index in [9.17, 15) is 13.2 Å². The van der Waals surface area contributed by atoms with Gasteiger partial charge in [-0.1, -0.05) is 29.3 Å². The minimum Gasteiger partial charge on any atom is -0.497 e. The maximum Gasteiger partial charge on any atom is 0.223 e. The van der Waals surface area contributed by atoms with Crippen LogP contribution in [0.1, 0.15) is 36.9 Å². The van der Waals surface area contributed by atoms with Crippen molar-refractivity contribution in [3.63, 3.8) is 0 Å². The number of methoxy groups -OCH3 is 2. The molecule has 2 aromatic rings. The van der Waals surface area contributed by atoms with Crippen LogP contribution in [0, 0.1) is 5.92 Å². The van der Waals surface area contributed by atoms with E-state index in [2.05, 4.69) is 5.32 Å². The van der Waals surface area contributed by atoms with Crippen LogP contribution < -0.4 is 14.8 Å². The van der Waals surface area contributed by atoms with Crippen LogP contribution in [0.4, 0.5) is 0 Å². The van der Waals surface area contributed by atoms with Crippen molar-refractivity contribution in [3.8, 4) is 11.5 Å². The SMILES string of the molecule is COc1ccc(OC)c([C@H](C)NC(=O)C2CCN(S(=O)(=O)Cc3ccc(Cl)c(Cl)c3)CC2)c1. The molecule has 0 aromatic heterocycles. The zero-order valence-electron chi connectivity index (χ0n) is 18.8. The number of hydrogen-bond donors (Lipinski definition) is 1.